The first-order valence-corrected chi connectivity index (χ1v) is 9.28. The monoisotopic (exact) mass is 380 g/mol. The van der Waals surface area contributed by atoms with Crippen LogP contribution in [-0.2, 0) is 11.3 Å². The van der Waals surface area contributed by atoms with Gasteiger partial charge in [-0.2, -0.15) is 0 Å². The lowest BCUT2D eigenvalue weighted by Crippen LogP contribution is -2.27. The summed E-state index contributed by atoms with van der Waals surface area (Å²) >= 11 is 5.80. The van der Waals surface area contributed by atoms with E-state index in [2.05, 4.69) is 34.9 Å². The highest BCUT2D eigenvalue weighted by Crippen LogP contribution is 2.15. The molecule has 0 radical (unpaired) electrons. The van der Waals surface area contributed by atoms with E-state index in [0.717, 1.165) is 10.9 Å². The molecule has 4 nitrogen and oxygen atoms in total. The Kier molecular flexibility index (Phi) is 6.44. The molecule has 0 atom stereocenters. The Balaban J connectivity index is 1.38. The van der Waals surface area contributed by atoms with E-state index in [9.17, 15) is 9.59 Å². The fourth-order valence-corrected chi connectivity index (χ4v) is 2.92. The second kappa shape index (κ2) is 9.19. The number of benzene rings is 3. The van der Waals surface area contributed by atoms with Crippen LogP contribution in [0.2, 0.25) is 5.02 Å². The predicted octanol–water partition coefficient (Wildman–Crippen LogP) is 4.32. The summed E-state index contributed by atoms with van der Waals surface area (Å²) in [6, 6.07) is 21.0. The van der Waals surface area contributed by atoms with Crippen LogP contribution in [0.1, 0.15) is 28.8 Å². The zero-order chi connectivity index (χ0) is 19.1. The van der Waals surface area contributed by atoms with E-state index in [0.29, 0.717) is 36.5 Å². The molecule has 0 fully saturated rings. The minimum atomic E-state index is -0.164. The van der Waals surface area contributed by atoms with Gasteiger partial charge >= 0.3 is 0 Å². The number of rotatable bonds is 7. The molecule has 0 aliphatic carbocycles. The molecule has 0 saturated heterocycles. The highest BCUT2D eigenvalue weighted by Gasteiger charge is 2.06. The summed E-state index contributed by atoms with van der Waals surface area (Å²) < 4.78 is 0. The fourth-order valence-electron chi connectivity index (χ4n) is 2.79. The van der Waals surface area contributed by atoms with Gasteiger partial charge in [-0.3, -0.25) is 9.59 Å². The number of nitrogens with one attached hydrogen (secondary N) is 2. The first-order valence-electron chi connectivity index (χ1n) is 8.90. The van der Waals surface area contributed by atoms with Crippen LogP contribution in [0.25, 0.3) is 10.8 Å². The second-order valence-corrected chi connectivity index (χ2v) is 6.76. The van der Waals surface area contributed by atoms with Gasteiger partial charge in [0.05, 0.1) is 0 Å². The lowest BCUT2D eigenvalue weighted by atomic mass is 10.1. The number of fused-ring (bicyclic) bond motifs is 1. The maximum atomic E-state index is 12.0. The Labute approximate surface area is 163 Å². The number of carbonyl (C=O) groups excluding carboxylic acids is 2. The van der Waals surface area contributed by atoms with Crippen LogP contribution < -0.4 is 10.6 Å². The van der Waals surface area contributed by atoms with Gasteiger partial charge in [0.2, 0.25) is 5.91 Å². The first-order chi connectivity index (χ1) is 13.1. The summed E-state index contributed by atoms with van der Waals surface area (Å²) in [6.07, 6.45) is 0.956. The van der Waals surface area contributed by atoms with Gasteiger partial charge in [0.25, 0.3) is 5.91 Å². The van der Waals surface area contributed by atoms with Crippen molar-refractivity contribution in [2.75, 3.05) is 6.54 Å². The SMILES string of the molecule is O=C(CCCNC(=O)c1ccc(Cl)cc1)NCc1ccc2ccccc2c1. The normalized spacial score (nSPS) is 10.6. The van der Waals surface area contributed by atoms with E-state index in [-0.39, 0.29) is 11.8 Å². The molecule has 3 aromatic carbocycles. The van der Waals surface area contributed by atoms with Gasteiger partial charge in [0, 0.05) is 30.1 Å². The molecule has 27 heavy (non-hydrogen) atoms. The van der Waals surface area contributed by atoms with Crippen molar-refractivity contribution >= 4 is 34.2 Å². The molecule has 0 heterocycles. The standard InChI is InChI=1S/C22H21ClN2O2/c23-20-11-9-18(10-12-20)22(27)24-13-3-6-21(26)25-15-16-7-8-17-4-1-2-5-19(17)14-16/h1-2,4-5,7-12,14H,3,6,13,15H2,(H,24,27)(H,25,26). The van der Waals surface area contributed by atoms with Crippen LogP contribution in [-0.4, -0.2) is 18.4 Å². The van der Waals surface area contributed by atoms with Gasteiger partial charge in [-0.05, 0) is 53.1 Å². The fraction of sp³-hybridized carbons (Fsp3) is 0.182. The Morgan fingerprint density at radius 1 is 0.852 bits per heavy atom. The molecular weight excluding hydrogens is 360 g/mol. The maximum Gasteiger partial charge on any atom is 0.251 e. The Bertz CT molecular complexity index is 938. The molecule has 0 aliphatic heterocycles. The number of amides is 2. The van der Waals surface area contributed by atoms with Gasteiger partial charge in [0.1, 0.15) is 0 Å². The summed E-state index contributed by atoms with van der Waals surface area (Å²) in [5, 5.41) is 8.67. The summed E-state index contributed by atoms with van der Waals surface area (Å²) in [5.74, 6) is -0.188. The van der Waals surface area contributed by atoms with Gasteiger partial charge in [0.15, 0.2) is 0 Å². The van der Waals surface area contributed by atoms with Crippen molar-refractivity contribution in [1.82, 2.24) is 10.6 Å². The molecule has 2 N–H and O–H groups in total. The zero-order valence-corrected chi connectivity index (χ0v) is 15.6. The molecule has 0 saturated carbocycles. The van der Waals surface area contributed by atoms with Crippen LogP contribution in [0.3, 0.4) is 0 Å². The van der Waals surface area contributed by atoms with Crippen LogP contribution >= 0.6 is 11.6 Å². The topological polar surface area (TPSA) is 58.2 Å². The van der Waals surface area contributed by atoms with E-state index < -0.39 is 0 Å². The average molecular weight is 381 g/mol. The number of hydrogen-bond acceptors (Lipinski definition) is 2. The minimum Gasteiger partial charge on any atom is -0.352 e. The van der Waals surface area contributed by atoms with E-state index in [4.69, 9.17) is 11.6 Å². The van der Waals surface area contributed by atoms with Crippen molar-refractivity contribution in [2.45, 2.75) is 19.4 Å². The van der Waals surface area contributed by atoms with Gasteiger partial charge in [-0.1, -0.05) is 48.0 Å². The smallest absolute Gasteiger partial charge is 0.251 e. The van der Waals surface area contributed by atoms with Crippen molar-refractivity contribution in [3.05, 3.63) is 82.9 Å². The van der Waals surface area contributed by atoms with Crippen LogP contribution in [0.4, 0.5) is 0 Å². The van der Waals surface area contributed by atoms with Crippen molar-refractivity contribution in [3.63, 3.8) is 0 Å². The number of hydrogen-bond donors (Lipinski definition) is 2. The summed E-state index contributed by atoms with van der Waals surface area (Å²) in [4.78, 5) is 24.0. The molecule has 0 spiro atoms. The third kappa shape index (κ3) is 5.56. The molecule has 5 heteroatoms. The lowest BCUT2D eigenvalue weighted by molar-refractivity contribution is -0.121. The average Bonchev–Trinajstić information content (AvgIpc) is 2.70. The first kappa shape index (κ1) is 18.9. The Morgan fingerprint density at radius 3 is 2.37 bits per heavy atom. The molecule has 0 aromatic heterocycles. The van der Waals surface area contributed by atoms with Crippen LogP contribution in [0.5, 0.6) is 0 Å². The van der Waals surface area contributed by atoms with Gasteiger partial charge in [-0.15, -0.1) is 0 Å². The summed E-state index contributed by atoms with van der Waals surface area (Å²) in [5.41, 5.74) is 1.62. The van der Waals surface area contributed by atoms with Crippen LogP contribution in [0.15, 0.2) is 66.7 Å². The molecule has 3 rings (SSSR count). The largest absolute Gasteiger partial charge is 0.352 e. The summed E-state index contributed by atoms with van der Waals surface area (Å²) in [7, 11) is 0. The van der Waals surface area contributed by atoms with E-state index in [1.165, 1.54) is 5.39 Å². The molecule has 0 aliphatic rings. The minimum absolute atomic E-state index is 0.0242. The Hall–Kier alpha value is -2.85. The third-order valence-electron chi connectivity index (χ3n) is 4.28. The summed E-state index contributed by atoms with van der Waals surface area (Å²) in [6.45, 7) is 0.950. The lowest BCUT2D eigenvalue weighted by Gasteiger charge is -2.08. The number of halogens is 1. The Morgan fingerprint density at radius 2 is 1.59 bits per heavy atom. The second-order valence-electron chi connectivity index (χ2n) is 6.32. The third-order valence-corrected chi connectivity index (χ3v) is 4.53. The van der Waals surface area contributed by atoms with Gasteiger partial charge < -0.3 is 10.6 Å². The molecular formula is C22H21ClN2O2. The van der Waals surface area contributed by atoms with Crippen molar-refractivity contribution in [3.8, 4) is 0 Å². The van der Waals surface area contributed by atoms with E-state index >= 15 is 0 Å². The quantitative estimate of drug-likeness (QED) is 0.600. The van der Waals surface area contributed by atoms with E-state index in [1.54, 1.807) is 24.3 Å². The molecule has 0 unspecified atom stereocenters. The highest BCUT2D eigenvalue weighted by molar-refractivity contribution is 6.30. The molecule has 0 bridgehead atoms. The maximum absolute atomic E-state index is 12.0. The zero-order valence-electron chi connectivity index (χ0n) is 14.9. The van der Waals surface area contributed by atoms with Crippen molar-refractivity contribution in [1.29, 1.82) is 0 Å². The molecule has 138 valence electrons. The predicted molar refractivity (Wildman–Crippen MR) is 109 cm³/mol. The molecule has 2 amide bonds. The van der Waals surface area contributed by atoms with Crippen LogP contribution in [0, 0.1) is 0 Å². The van der Waals surface area contributed by atoms with Gasteiger partial charge in [-0.25, -0.2) is 0 Å². The van der Waals surface area contributed by atoms with Crippen molar-refractivity contribution in [2.24, 2.45) is 0 Å². The van der Waals surface area contributed by atoms with Crippen molar-refractivity contribution < 1.29 is 9.59 Å². The number of carbonyl (C=O) groups is 2. The van der Waals surface area contributed by atoms with E-state index in [1.807, 2.05) is 18.2 Å². The highest BCUT2D eigenvalue weighted by atomic mass is 35.5. The molecule has 3 aromatic rings.